The van der Waals surface area contributed by atoms with Crippen LogP contribution in [0.1, 0.15) is 22.8 Å². The molecule has 0 spiro atoms. The first-order valence-corrected chi connectivity index (χ1v) is 8.41. The summed E-state index contributed by atoms with van der Waals surface area (Å²) in [4.78, 5) is 13.2. The predicted octanol–water partition coefficient (Wildman–Crippen LogP) is 4.35. The van der Waals surface area contributed by atoms with E-state index in [0.29, 0.717) is 6.42 Å². The van der Waals surface area contributed by atoms with Gasteiger partial charge in [0.25, 0.3) is 0 Å². The summed E-state index contributed by atoms with van der Waals surface area (Å²) in [5.41, 5.74) is 4.02. The van der Waals surface area contributed by atoms with E-state index in [-0.39, 0.29) is 11.8 Å². The average molecular weight is 312 g/mol. The fraction of sp³-hybridized carbons (Fsp3) is 0.125. The van der Waals surface area contributed by atoms with E-state index in [4.69, 9.17) is 0 Å². The highest BCUT2D eigenvalue weighted by Gasteiger charge is 2.31. The minimum atomic E-state index is 0.0658. The third-order valence-electron chi connectivity index (χ3n) is 3.68. The van der Waals surface area contributed by atoms with Gasteiger partial charge in [-0.3, -0.25) is 4.79 Å². The number of anilines is 1. The highest BCUT2D eigenvalue weighted by atomic mass is 32.1. The first-order valence-electron chi connectivity index (χ1n) is 6.70. The lowest BCUT2D eigenvalue weighted by atomic mass is 9.91. The maximum Gasteiger partial charge on any atom is 0.225 e. The van der Waals surface area contributed by atoms with Gasteiger partial charge in [0.1, 0.15) is 5.69 Å². The molecule has 0 radical (unpaired) electrons. The number of amides is 1. The first-order chi connectivity index (χ1) is 10.3. The van der Waals surface area contributed by atoms with Crippen LogP contribution in [0.5, 0.6) is 0 Å². The number of carbonyl (C=O) groups is 1. The van der Waals surface area contributed by atoms with Crippen LogP contribution < -0.4 is 5.32 Å². The summed E-state index contributed by atoms with van der Waals surface area (Å²) in [6.45, 7) is 0. The first kappa shape index (κ1) is 12.7. The van der Waals surface area contributed by atoms with E-state index in [1.165, 1.54) is 17.1 Å². The quantitative estimate of drug-likeness (QED) is 0.764. The fourth-order valence-electron chi connectivity index (χ4n) is 2.67. The third-order valence-corrected chi connectivity index (χ3v) is 5.34. The number of aromatic nitrogens is 1. The molecule has 0 aliphatic carbocycles. The van der Waals surface area contributed by atoms with E-state index in [9.17, 15) is 4.79 Å². The molecular formula is C16H12N2OS2. The summed E-state index contributed by atoms with van der Waals surface area (Å²) >= 11 is 3.16. The van der Waals surface area contributed by atoms with E-state index >= 15 is 0 Å². The number of fused-ring (bicyclic) bond motifs is 1. The smallest absolute Gasteiger partial charge is 0.225 e. The van der Waals surface area contributed by atoms with Crippen molar-refractivity contribution in [3.63, 3.8) is 0 Å². The van der Waals surface area contributed by atoms with Gasteiger partial charge < -0.3 is 5.32 Å². The Labute approximate surface area is 130 Å². The summed E-state index contributed by atoms with van der Waals surface area (Å²) in [6, 6.07) is 12.1. The zero-order valence-electron chi connectivity index (χ0n) is 11.1. The van der Waals surface area contributed by atoms with E-state index in [1.807, 2.05) is 30.3 Å². The molecule has 1 aliphatic rings. The van der Waals surface area contributed by atoms with Gasteiger partial charge in [0, 0.05) is 17.9 Å². The lowest BCUT2D eigenvalue weighted by Crippen LogP contribution is -2.22. The number of nitrogens with one attached hydrogen (secondary N) is 1. The molecule has 3 heterocycles. The van der Waals surface area contributed by atoms with Gasteiger partial charge >= 0.3 is 0 Å². The van der Waals surface area contributed by atoms with Crippen molar-refractivity contribution < 1.29 is 4.79 Å². The van der Waals surface area contributed by atoms with Crippen LogP contribution in [0.15, 0.2) is 47.2 Å². The molecule has 3 nitrogen and oxygen atoms in total. The Bertz CT molecular complexity index is 778. The molecule has 0 saturated heterocycles. The number of thiophene rings is 1. The van der Waals surface area contributed by atoms with Gasteiger partial charge in [-0.25, -0.2) is 0 Å². The highest BCUT2D eigenvalue weighted by molar-refractivity contribution is 7.08. The molecule has 2 aromatic heterocycles. The van der Waals surface area contributed by atoms with Gasteiger partial charge in [-0.05, 0) is 33.9 Å². The Morgan fingerprint density at radius 1 is 1.19 bits per heavy atom. The van der Waals surface area contributed by atoms with Crippen molar-refractivity contribution in [1.82, 2.24) is 4.37 Å². The van der Waals surface area contributed by atoms with Crippen LogP contribution in [0.25, 0.3) is 11.3 Å². The second kappa shape index (κ2) is 5.09. The third kappa shape index (κ3) is 2.18. The molecule has 1 amide bonds. The molecule has 1 unspecified atom stereocenters. The Morgan fingerprint density at radius 2 is 2.05 bits per heavy atom. The molecule has 1 aromatic carbocycles. The Morgan fingerprint density at radius 3 is 2.81 bits per heavy atom. The summed E-state index contributed by atoms with van der Waals surface area (Å²) < 4.78 is 4.59. The monoisotopic (exact) mass is 312 g/mol. The summed E-state index contributed by atoms with van der Waals surface area (Å²) in [5, 5.41) is 7.19. The molecule has 5 heteroatoms. The van der Waals surface area contributed by atoms with Gasteiger partial charge in [-0.1, -0.05) is 30.3 Å². The average Bonchev–Trinajstić information content (AvgIpc) is 3.17. The molecule has 0 bridgehead atoms. The SMILES string of the molecule is O=C1CC(c2ccsc2)c2snc(-c3ccccc3)c2N1. The van der Waals surface area contributed by atoms with Crippen molar-refractivity contribution >= 4 is 34.5 Å². The maximum atomic E-state index is 12.1. The molecular weight excluding hydrogens is 300 g/mol. The Balaban J connectivity index is 1.84. The minimum Gasteiger partial charge on any atom is -0.323 e. The fourth-order valence-corrected chi connectivity index (χ4v) is 4.35. The summed E-state index contributed by atoms with van der Waals surface area (Å²) in [5.74, 6) is 0.200. The molecule has 0 saturated carbocycles. The zero-order valence-corrected chi connectivity index (χ0v) is 12.7. The van der Waals surface area contributed by atoms with Crippen LogP contribution in [0, 0.1) is 0 Å². The van der Waals surface area contributed by atoms with Crippen LogP contribution >= 0.6 is 22.9 Å². The molecule has 1 atom stereocenters. The number of carbonyl (C=O) groups excluding carboxylic acids is 1. The number of hydrogen-bond donors (Lipinski definition) is 1. The number of hydrogen-bond acceptors (Lipinski definition) is 4. The van der Waals surface area contributed by atoms with Crippen LogP contribution in [0.4, 0.5) is 5.69 Å². The molecule has 1 aliphatic heterocycles. The molecule has 104 valence electrons. The van der Waals surface area contributed by atoms with Crippen molar-refractivity contribution in [3.05, 3.63) is 57.6 Å². The number of benzene rings is 1. The van der Waals surface area contributed by atoms with E-state index in [2.05, 4.69) is 26.5 Å². The van der Waals surface area contributed by atoms with Gasteiger partial charge in [0.2, 0.25) is 5.91 Å². The van der Waals surface area contributed by atoms with Gasteiger partial charge in [-0.2, -0.15) is 15.7 Å². The van der Waals surface area contributed by atoms with Gasteiger partial charge in [0.05, 0.1) is 10.6 Å². The second-order valence-electron chi connectivity index (χ2n) is 5.00. The molecule has 0 fully saturated rings. The summed E-state index contributed by atoms with van der Waals surface area (Å²) in [6.07, 6.45) is 0.500. The molecule has 4 rings (SSSR count). The van der Waals surface area contributed by atoms with E-state index in [0.717, 1.165) is 21.8 Å². The number of nitrogens with zero attached hydrogens (tertiary/aromatic N) is 1. The van der Waals surface area contributed by atoms with Crippen molar-refractivity contribution in [1.29, 1.82) is 0 Å². The highest BCUT2D eigenvalue weighted by Crippen LogP contribution is 2.44. The standard InChI is InChI=1S/C16H12N2OS2/c19-13-8-12(11-6-7-20-9-11)16-15(17-13)14(18-21-16)10-4-2-1-3-5-10/h1-7,9,12H,8H2,(H,17,19). The minimum absolute atomic E-state index is 0.0658. The zero-order chi connectivity index (χ0) is 14.2. The van der Waals surface area contributed by atoms with Gasteiger partial charge in [0.15, 0.2) is 0 Å². The van der Waals surface area contributed by atoms with Crippen molar-refractivity contribution in [2.45, 2.75) is 12.3 Å². The van der Waals surface area contributed by atoms with E-state index in [1.54, 1.807) is 11.3 Å². The lowest BCUT2D eigenvalue weighted by molar-refractivity contribution is -0.116. The normalized spacial score (nSPS) is 17.3. The molecule has 1 N–H and O–H groups in total. The number of rotatable bonds is 2. The molecule has 21 heavy (non-hydrogen) atoms. The lowest BCUT2D eigenvalue weighted by Gasteiger charge is -2.21. The summed E-state index contributed by atoms with van der Waals surface area (Å²) in [7, 11) is 0. The van der Waals surface area contributed by atoms with Crippen LogP contribution in [0.2, 0.25) is 0 Å². The van der Waals surface area contributed by atoms with Crippen molar-refractivity contribution in [2.24, 2.45) is 0 Å². The van der Waals surface area contributed by atoms with Gasteiger partial charge in [-0.15, -0.1) is 0 Å². The van der Waals surface area contributed by atoms with Crippen LogP contribution in [0.3, 0.4) is 0 Å². The molecule has 3 aromatic rings. The van der Waals surface area contributed by atoms with Crippen molar-refractivity contribution in [2.75, 3.05) is 5.32 Å². The maximum absolute atomic E-state index is 12.1. The van der Waals surface area contributed by atoms with E-state index < -0.39 is 0 Å². The van der Waals surface area contributed by atoms with Crippen molar-refractivity contribution in [3.8, 4) is 11.3 Å². The second-order valence-corrected chi connectivity index (χ2v) is 6.58. The Kier molecular flexibility index (Phi) is 3.09. The largest absolute Gasteiger partial charge is 0.323 e. The topological polar surface area (TPSA) is 42.0 Å². The van der Waals surface area contributed by atoms with Crippen LogP contribution in [-0.2, 0) is 4.79 Å². The van der Waals surface area contributed by atoms with Crippen LogP contribution in [-0.4, -0.2) is 10.3 Å². The Hall–Kier alpha value is -1.98. The predicted molar refractivity (Wildman–Crippen MR) is 87.0 cm³/mol.